The van der Waals surface area contributed by atoms with Gasteiger partial charge in [-0.05, 0) is 69.0 Å². The fourth-order valence-electron chi connectivity index (χ4n) is 5.06. The van der Waals surface area contributed by atoms with Gasteiger partial charge in [0.15, 0.2) is 5.78 Å². The van der Waals surface area contributed by atoms with E-state index in [2.05, 4.69) is 20.9 Å². The van der Waals surface area contributed by atoms with Crippen LogP contribution in [0, 0.1) is 6.92 Å². The smallest absolute Gasteiger partial charge is 0.261 e. The summed E-state index contributed by atoms with van der Waals surface area (Å²) in [5.74, 6) is 0.362. The molecule has 2 aromatic heterocycles. The van der Waals surface area contributed by atoms with Crippen molar-refractivity contribution in [2.75, 3.05) is 6.61 Å². The first-order valence-corrected chi connectivity index (χ1v) is 13.3. The van der Waals surface area contributed by atoms with Crippen LogP contribution in [0.2, 0.25) is 0 Å². The number of ether oxygens (including phenoxy) is 1. The van der Waals surface area contributed by atoms with E-state index in [-0.39, 0.29) is 35.9 Å². The fourth-order valence-corrected chi connectivity index (χ4v) is 5.31. The summed E-state index contributed by atoms with van der Waals surface area (Å²) in [7, 11) is 0. The average Bonchev–Trinajstić information content (AvgIpc) is 3.39. The highest BCUT2D eigenvalue weighted by molar-refractivity contribution is 9.10. The molecule has 2 aliphatic heterocycles. The van der Waals surface area contributed by atoms with Crippen LogP contribution in [-0.4, -0.2) is 49.9 Å². The minimum absolute atomic E-state index is 0.0216. The largest absolute Gasteiger partial charge is 0.378 e. The first-order chi connectivity index (χ1) is 17.7. The molecule has 2 atom stereocenters. The van der Waals surface area contributed by atoms with E-state index in [9.17, 15) is 14.4 Å². The Labute approximate surface area is 223 Å². The summed E-state index contributed by atoms with van der Waals surface area (Å²) in [6.45, 7) is 6.33. The molecule has 0 N–H and O–H groups in total. The normalized spacial score (nSPS) is 19.1. The van der Waals surface area contributed by atoms with Crippen molar-refractivity contribution < 1.29 is 14.3 Å². The van der Waals surface area contributed by atoms with Gasteiger partial charge in [-0.25, -0.2) is 4.98 Å². The Balaban J connectivity index is 1.55. The summed E-state index contributed by atoms with van der Waals surface area (Å²) in [6, 6.07) is 8.76. The number of hydrogen-bond acceptors (Lipinski definition) is 6. The molecule has 8 nitrogen and oxygen atoms in total. The molecule has 37 heavy (non-hydrogen) atoms. The third kappa shape index (κ3) is 5.02. The van der Waals surface area contributed by atoms with Gasteiger partial charge in [-0.15, -0.1) is 0 Å². The molecule has 0 spiro atoms. The molecule has 2 aliphatic rings. The lowest BCUT2D eigenvalue weighted by Crippen LogP contribution is -2.46. The van der Waals surface area contributed by atoms with Gasteiger partial charge < -0.3 is 9.64 Å². The molecule has 1 fully saturated rings. The molecular weight excluding hydrogens is 536 g/mol. The summed E-state index contributed by atoms with van der Waals surface area (Å²) in [4.78, 5) is 50.0. The number of ketones is 1. The van der Waals surface area contributed by atoms with Crippen LogP contribution in [0.3, 0.4) is 0 Å². The highest BCUT2D eigenvalue weighted by Gasteiger charge is 2.32. The Bertz CT molecular complexity index is 1430. The number of halogens is 1. The molecule has 5 rings (SSSR count). The molecule has 0 radical (unpaired) electrons. The van der Waals surface area contributed by atoms with Crippen molar-refractivity contribution in [2.45, 2.75) is 65.1 Å². The predicted octanol–water partition coefficient (Wildman–Crippen LogP) is 4.21. The van der Waals surface area contributed by atoms with Gasteiger partial charge in [-0.3, -0.25) is 23.9 Å². The second-order valence-electron chi connectivity index (χ2n) is 9.84. The van der Waals surface area contributed by atoms with Crippen molar-refractivity contribution in [1.82, 2.24) is 19.4 Å². The first kappa shape index (κ1) is 25.5. The van der Waals surface area contributed by atoms with E-state index in [0.29, 0.717) is 53.5 Å². The van der Waals surface area contributed by atoms with Gasteiger partial charge in [-0.2, -0.15) is 0 Å². The second kappa shape index (κ2) is 10.3. The number of pyridine rings is 1. The number of Topliss-reactive ketones (excluding diaryl/α,β-unsaturated/α-hetero) is 1. The highest BCUT2D eigenvalue weighted by Crippen LogP contribution is 2.26. The summed E-state index contributed by atoms with van der Waals surface area (Å²) >= 11 is 3.49. The number of benzene rings is 1. The van der Waals surface area contributed by atoms with Crippen LogP contribution in [-0.2, 0) is 24.1 Å². The van der Waals surface area contributed by atoms with Gasteiger partial charge in [0, 0.05) is 41.6 Å². The molecular formula is C28H29BrN4O4. The summed E-state index contributed by atoms with van der Waals surface area (Å²) in [5, 5.41) is 0. The van der Waals surface area contributed by atoms with Crippen LogP contribution in [0.25, 0.3) is 5.69 Å². The lowest BCUT2D eigenvalue weighted by Gasteiger charge is -2.35. The first-order valence-electron chi connectivity index (χ1n) is 12.5. The van der Waals surface area contributed by atoms with Crippen molar-refractivity contribution >= 4 is 27.6 Å². The number of amides is 1. The van der Waals surface area contributed by atoms with E-state index in [0.717, 1.165) is 22.9 Å². The van der Waals surface area contributed by atoms with Crippen molar-refractivity contribution in [2.24, 2.45) is 0 Å². The quantitative estimate of drug-likeness (QED) is 0.431. The molecule has 192 valence electrons. The van der Waals surface area contributed by atoms with Crippen LogP contribution >= 0.6 is 15.9 Å². The number of nitrogens with zero attached hydrogens (tertiary/aromatic N) is 4. The number of carbonyl (C=O) groups excluding carboxylic acids is 2. The number of carbonyl (C=O) groups is 2. The van der Waals surface area contributed by atoms with Crippen molar-refractivity contribution in [3.8, 4) is 5.69 Å². The molecule has 0 saturated carbocycles. The van der Waals surface area contributed by atoms with Crippen LogP contribution in [0.1, 0.15) is 70.2 Å². The van der Waals surface area contributed by atoms with E-state index in [1.165, 1.54) is 6.92 Å². The standard InChI is InChI=1S/C28H29BrN4O4/c1-16-11-19(6-8-23(16)29)27(35)32-15-25-22(12-17(32)2)28(36)33(20-7-9-24(18(3)34)30-14-20)26(31-25)13-21-5-4-10-37-21/h6-9,11,14,17,21H,4-5,10,12-13,15H2,1-3H3. The Morgan fingerprint density at radius 2 is 2.03 bits per heavy atom. The fraction of sp³-hybridized carbons (Fsp3) is 0.393. The Hall–Kier alpha value is -3.17. The number of hydrogen-bond donors (Lipinski definition) is 0. The topological polar surface area (TPSA) is 94.4 Å². The molecule has 1 aromatic carbocycles. The SMILES string of the molecule is CC(=O)c1ccc(-n2c(CC3CCCO3)nc3c(c2=O)CC(C)N(C(=O)c2ccc(Br)c(C)c2)C3)cn1. The van der Waals surface area contributed by atoms with Crippen LogP contribution < -0.4 is 5.56 Å². The second-order valence-corrected chi connectivity index (χ2v) is 10.7. The van der Waals surface area contributed by atoms with Crippen molar-refractivity contribution in [3.63, 3.8) is 0 Å². The van der Waals surface area contributed by atoms with Crippen LogP contribution in [0.4, 0.5) is 0 Å². The summed E-state index contributed by atoms with van der Waals surface area (Å²) in [5.41, 5.74) is 3.58. The molecule has 3 aromatic rings. The van der Waals surface area contributed by atoms with Gasteiger partial charge in [-0.1, -0.05) is 15.9 Å². The van der Waals surface area contributed by atoms with E-state index >= 15 is 0 Å². The maximum absolute atomic E-state index is 13.9. The third-order valence-electron chi connectivity index (χ3n) is 7.15. The molecule has 0 bridgehead atoms. The van der Waals surface area contributed by atoms with Crippen molar-refractivity contribution in [3.05, 3.63) is 85.3 Å². The number of aromatic nitrogens is 3. The maximum atomic E-state index is 13.9. The van der Waals surface area contributed by atoms with Crippen LogP contribution in [0.15, 0.2) is 45.8 Å². The minimum atomic E-state index is -0.172. The summed E-state index contributed by atoms with van der Waals surface area (Å²) < 4.78 is 8.40. The van der Waals surface area contributed by atoms with Gasteiger partial charge in [0.1, 0.15) is 11.5 Å². The van der Waals surface area contributed by atoms with E-state index < -0.39 is 0 Å². The predicted molar refractivity (Wildman–Crippen MR) is 142 cm³/mol. The van der Waals surface area contributed by atoms with Crippen molar-refractivity contribution in [1.29, 1.82) is 0 Å². The van der Waals surface area contributed by atoms with E-state index in [4.69, 9.17) is 9.72 Å². The zero-order valence-corrected chi connectivity index (χ0v) is 22.7. The molecule has 9 heteroatoms. The van der Waals surface area contributed by atoms with Gasteiger partial charge in [0.2, 0.25) is 0 Å². The molecule has 1 amide bonds. The van der Waals surface area contributed by atoms with Gasteiger partial charge >= 0.3 is 0 Å². The maximum Gasteiger partial charge on any atom is 0.261 e. The van der Waals surface area contributed by atoms with Gasteiger partial charge in [0.25, 0.3) is 11.5 Å². The zero-order chi connectivity index (χ0) is 26.3. The lowest BCUT2D eigenvalue weighted by molar-refractivity contribution is 0.0651. The molecule has 4 heterocycles. The molecule has 0 aliphatic carbocycles. The lowest BCUT2D eigenvalue weighted by atomic mass is 9.98. The minimum Gasteiger partial charge on any atom is -0.378 e. The Morgan fingerprint density at radius 3 is 2.68 bits per heavy atom. The zero-order valence-electron chi connectivity index (χ0n) is 21.2. The molecule has 1 saturated heterocycles. The highest BCUT2D eigenvalue weighted by atomic mass is 79.9. The van der Waals surface area contributed by atoms with Gasteiger partial charge in [0.05, 0.1) is 30.2 Å². The number of fused-ring (bicyclic) bond motifs is 1. The Morgan fingerprint density at radius 1 is 1.22 bits per heavy atom. The third-order valence-corrected chi connectivity index (χ3v) is 8.04. The number of rotatable bonds is 5. The van der Waals surface area contributed by atoms with Crippen LogP contribution in [0.5, 0.6) is 0 Å². The van der Waals surface area contributed by atoms with E-state index in [1.54, 1.807) is 27.8 Å². The monoisotopic (exact) mass is 564 g/mol. The Kier molecular flexibility index (Phi) is 7.09. The molecule has 2 unspecified atom stereocenters. The average molecular weight is 565 g/mol. The number of aryl methyl sites for hydroxylation is 1. The van der Waals surface area contributed by atoms with E-state index in [1.807, 2.05) is 32.0 Å². The summed E-state index contributed by atoms with van der Waals surface area (Å²) in [6.07, 6.45) is 4.28.